The van der Waals surface area contributed by atoms with Crippen molar-refractivity contribution < 1.29 is 9.53 Å². The molecule has 0 aromatic rings. The first-order chi connectivity index (χ1) is 6.79. The minimum absolute atomic E-state index is 0.0457. The molecular weight excluding hydrogens is 190 g/mol. The van der Waals surface area contributed by atoms with Crippen LogP contribution in [0.4, 0.5) is 0 Å². The van der Waals surface area contributed by atoms with Crippen LogP contribution in [0.15, 0.2) is 12.2 Å². The summed E-state index contributed by atoms with van der Waals surface area (Å²) in [5, 5.41) is 0. The smallest absolute Gasteiger partial charge is 0.254 e. The fourth-order valence-corrected chi connectivity index (χ4v) is 2.14. The Morgan fingerprint density at radius 3 is 2.40 bits per heavy atom. The van der Waals surface area contributed by atoms with Crippen molar-refractivity contribution in [3.8, 4) is 0 Å². The second-order valence-electron chi connectivity index (χ2n) is 5.39. The first-order valence-corrected chi connectivity index (χ1v) is 5.26. The highest BCUT2D eigenvalue weighted by Gasteiger charge is 2.52. The Bertz CT molecular complexity index is 278. The van der Waals surface area contributed by atoms with E-state index in [9.17, 15) is 4.79 Å². The highest BCUT2D eigenvalue weighted by molar-refractivity contribution is 5.89. The number of hydrogen-bond acceptors (Lipinski definition) is 2. The number of carbonyl (C=O) groups excluding carboxylic acids is 1. The lowest BCUT2D eigenvalue weighted by Gasteiger charge is -2.52. The van der Waals surface area contributed by atoms with Crippen molar-refractivity contribution in [2.45, 2.75) is 39.8 Å². The molecule has 0 unspecified atom stereocenters. The van der Waals surface area contributed by atoms with Crippen molar-refractivity contribution in [3.05, 3.63) is 12.2 Å². The van der Waals surface area contributed by atoms with Gasteiger partial charge in [0.25, 0.3) is 5.91 Å². The van der Waals surface area contributed by atoms with E-state index in [1.165, 1.54) is 0 Å². The lowest BCUT2D eigenvalue weighted by molar-refractivity contribution is -0.179. The van der Waals surface area contributed by atoms with Gasteiger partial charge in [-0.25, -0.2) is 0 Å². The quantitative estimate of drug-likeness (QED) is 0.526. The van der Waals surface area contributed by atoms with Gasteiger partial charge in [-0.3, -0.25) is 4.79 Å². The summed E-state index contributed by atoms with van der Waals surface area (Å²) in [6.45, 7) is 12.8. The van der Waals surface area contributed by atoms with Crippen LogP contribution in [-0.4, -0.2) is 36.6 Å². The van der Waals surface area contributed by atoms with Gasteiger partial charge in [0.1, 0.15) is 0 Å². The second-order valence-corrected chi connectivity index (χ2v) is 5.39. The molecule has 0 N–H and O–H groups in total. The number of nitrogens with zero attached hydrogens (tertiary/aromatic N) is 1. The van der Waals surface area contributed by atoms with E-state index in [4.69, 9.17) is 4.74 Å². The molecule has 3 heteroatoms. The molecule has 86 valence electrons. The summed E-state index contributed by atoms with van der Waals surface area (Å²) in [6, 6.07) is 0.159. The van der Waals surface area contributed by atoms with Crippen molar-refractivity contribution in [3.63, 3.8) is 0 Å². The van der Waals surface area contributed by atoms with Crippen molar-refractivity contribution in [2.75, 3.05) is 13.7 Å². The molecule has 0 aromatic carbocycles. The van der Waals surface area contributed by atoms with Gasteiger partial charge in [-0.05, 0) is 12.3 Å². The molecule has 0 aliphatic carbocycles. The number of methoxy groups -OCH3 is 1. The molecule has 1 amide bonds. The lowest BCUT2D eigenvalue weighted by atomic mass is 9.76. The zero-order chi connectivity index (χ0) is 11.8. The zero-order valence-electron chi connectivity index (χ0n) is 10.3. The maximum absolute atomic E-state index is 11.7. The van der Waals surface area contributed by atoms with Gasteiger partial charge in [-0.1, -0.05) is 32.9 Å². The largest absolute Gasteiger partial charge is 0.369 e. The number of carbonyl (C=O) groups is 1. The van der Waals surface area contributed by atoms with Crippen LogP contribution in [0.5, 0.6) is 0 Å². The molecule has 1 fully saturated rings. The molecule has 1 heterocycles. The number of hydrogen-bond donors (Lipinski definition) is 0. The second kappa shape index (κ2) is 3.97. The summed E-state index contributed by atoms with van der Waals surface area (Å²) in [5.74, 6) is 0.0837. The maximum Gasteiger partial charge on any atom is 0.254 e. The first kappa shape index (κ1) is 12.2. The minimum atomic E-state index is -0.274. The standard InChI is InChI=1S/C12H21NO2/c1-8(2)7-13-10(12(3,4)5)9(15-6)11(13)14/h9-10H,1,7H2,2-6H3/t9-,10-/m0/s1. The molecule has 15 heavy (non-hydrogen) atoms. The monoisotopic (exact) mass is 211 g/mol. The number of β-lactam (4-membered cyclic amide) rings is 1. The summed E-state index contributed by atoms with van der Waals surface area (Å²) in [4.78, 5) is 13.6. The zero-order valence-corrected chi connectivity index (χ0v) is 10.3. The van der Waals surface area contributed by atoms with Crippen LogP contribution < -0.4 is 0 Å². The Morgan fingerprint density at radius 2 is 2.07 bits per heavy atom. The van der Waals surface area contributed by atoms with E-state index in [0.717, 1.165) is 5.57 Å². The van der Waals surface area contributed by atoms with Crippen LogP contribution >= 0.6 is 0 Å². The normalized spacial score (nSPS) is 26.5. The first-order valence-electron chi connectivity index (χ1n) is 5.26. The average Bonchev–Trinajstić information content (AvgIpc) is 2.07. The number of ether oxygens (including phenoxy) is 1. The highest BCUT2D eigenvalue weighted by atomic mass is 16.5. The molecule has 0 saturated carbocycles. The molecule has 0 radical (unpaired) electrons. The van der Waals surface area contributed by atoms with Gasteiger partial charge < -0.3 is 9.64 Å². The van der Waals surface area contributed by atoms with Crippen molar-refractivity contribution >= 4 is 5.91 Å². The number of likely N-dealkylation sites (tertiary alicyclic amines) is 1. The molecule has 0 aromatic heterocycles. The molecule has 1 rings (SSSR count). The third-order valence-corrected chi connectivity index (χ3v) is 2.73. The summed E-state index contributed by atoms with van der Waals surface area (Å²) in [5.41, 5.74) is 1.05. The summed E-state index contributed by atoms with van der Waals surface area (Å²) >= 11 is 0. The maximum atomic E-state index is 11.7. The van der Waals surface area contributed by atoms with Gasteiger partial charge in [0.05, 0.1) is 6.04 Å². The van der Waals surface area contributed by atoms with Gasteiger partial charge in [-0.2, -0.15) is 0 Å². The average molecular weight is 211 g/mol. The Hall–Kier alpha value is -0.830. The van der Waals surface area contributed by atoms with Crippen LogP contribution in [0.2, 0.25) is 0 Å². The van der Waals surface area contributed by atoms with Gasteiger partial charge >= 0.3 is 0 Å². The van der Waals surface area contributed by atoms with Crippen LogP contribution in [0, 0.1) is 5.41 Å². The number of rotatable bonds is 3. The van der Waals surface area contributed by atoms with Crippen LogP contribution in [0.1, 0.15) is 27.7 Å². The fourth-order valence-electron chi connectivity index (χ4n) is 2.14. The van der Waals surface area contributed by atoms with E-state index in [1.807, 2.05) is 11.8 Å². The SMILES string of the molecule is C=C(C)CN1C(=O)[C@@H](OC)[C@H]1C(C)(C)C. The molecule has 2 atom stereocenters. The summed E-state index contributed by atoms with van der Waals surface area (Å²) in [7, 11) is 1.60. The Kier molecular flexibility index (Phi) is 3.24. The molecule has 1 aliphatic heterocycles. The molecule has 1 aliphatic rings. The van der Waals surface area contributed by atoms with E-state index in [-0.39, 0.29) is 23.5 Å². The predicted molar refractivity (Wildman–Crippen MR) is 60.6 cm³/mol. The summed E-state index contributed by atoms with van der Waals surface area (Å²) < 4.78 is 5.23. The highest BCUT2D eigenvalue weighted by Crippen LogP contribution is 2.36. The molecule has 0 bridgehead atoms. The van der Waals surface area contributed by atoms with Crippen LogP contribution in [0.25, 0.3) is 0 Å². The molecule has 1 saturated heterocycles. The summed E-state index contributed by atoms with van der Waals surface area (Å²) in [6.07, 6.45) is -0.274. The van der Waals surface area contributed by atoms with E-state index >= 15 is 0 Å². The number of amides is 1. The van der Waals surface area contributed by atoms with E-state index in [2.05, 4.69) is 27.4 Å². The van der Waals surface area contributed by atoms with Crippen LogP contribution in [-0.2, 0) is 9.53 Å². The fraction of sp³-hybridized carbons (Fsp3) is 0.750. The topological polar surface area (TPSA) is 29.5 Å². The Morgan fingerprint density at radius 1 is 1.53 bits per heavy atom. The molecular formula is C12H21NO2. The van der Waals surface area contributed by atoms with E-state index < -0.39 is 0 Å². The van der Waals surface area contributed by atoms with E-state index in [0.29, 0.717) is 6.54 Å². The van der Waals surface area contributed by atoms with E-state index in [1.54, 1.807) is 7.11 Å². The minimum Gasteiger partial charge on any atom is -0.369 e. The van der Waals surface area contributed by atoms with Crippen molar-refractivity contribution in [1.82, 2.24) is 4.90 Å². The van der Waals surface area contributed by atoms with Crippen molar-refractivity contribution in [1.29, 1.82) is 0 Å². The predicted octanol–water partition coefficient (Wildman–Crippen LogP) is 1.83. The third-order valence-electron chi connectivity index (χ3n) is 2.73. The lowest BCUT2D eigenvalue weighted by Crippen LogP contribution is -2.69. The van der Waals surface area contributed by atoms with Gasteiger partial charge in [0.2, 0.25) is 0 Å². The van der Waals surface area contributed by atoms with Crippen LogP contribution in [0.3, 0.4) is 0 Å². The van der Waals surface area contributed by atoms with Gasteiger partial charge in [0.15, 0.2) is 6.10 Å². The molecule has 3 nitrogen and oxygen atoms in total. The Labute approximate surface area is 92.1 Å². The molecule has 0 spiro atoms. The van der Waals surface area contributed by atoms with Gasteiger partial charge in [-0.15, -0.1) is 0 Å². The Balaban J connectivity index is 2.80. The van der Waals surface area contributed by atoms with Gasteiger partial charge in [0, 0.05) is 13.7 Å². The van der Waals surface area contributed by atoms with Crippen molar-refractivity contribution in [2.24, 2.45) is 5.41 Å². The third kappa shape index (κ3) is 2.23.